The zero-order valence-electron chi connectivity index (χ0n) is 14.2. The predicted octanol–water partition coefficient (Wildman–Crippen LogP) is 3.01. The molecular weight excluding hydrogens is 276 g/mol. The standard InChI is InChI=1S/C18H32N2O2/c1-3-18(12-21)6-8-20(9-7-18)17(22)19-13(2)16-11-14-4-5-15(16)10-14/h13-16,21H,3-12H2,1-2H3,(H,19,22). The number of hydrogen-bond donors (Lipinski definition) is 2. The van der Waals surface area contributed by atoms with Crippen LogP contribution in [0.1, 0.15) is 58.8 Å². The van der Waals surface area contributed by atoms with E-state index < -0.39 is 0 Å². The van der Waals surface area contributed by atoms with E-state index in [4.69, 9.17) is 0 Å². The lowest BCUT2D eigenvalue weighted by Gasteiger charge is -2.41. The number of nitrogens with one attached hydrogen (secondary N) is 1. The van der Waals surface area contributed by atoms with Gasteiger partial charge in [0.2, 0.25) is 0 Å². The number of nitrogens with zero attached hydrogens (tertiary/aromatic N) is 1. The van der Waals surface area contributed by atoms with Gasteiger partial charge in [0.05, 0.1) is 0 Å². The van der Waals surface area contributed by atoms with E-state index in [-0.39, 0.29) is 18.1 Å². The molecule has 1 saturated heterocycles. The smallest absolute Gasteiger partial charge is 0.317 e. The Morgan fingerprint density at radius 1 is 1.32 bits per heavy atom. The van der Waals surface area contributed by atoms with Crippen molar-refractivity contribution in [2.75, 3.05) is 19.7 Å². The summed E-state index contributed by atoms with van der Waals surface area (Å²) in [4.78, 5) is 14.5. The fourth-order valence-corrected chi connectivity index (χ4v) is 5.11. The van der Waals surface area contributed by atoms with Gasteiger partial charge in [-0.05, 0) is 68.6 Å². The Morgan fingerprint density at radius 3 is 2.55 bits per heavy atom. The van der Waals surface area contributed by atoms with Crippen molar-refractivity contribution in [3.8, 4) is 0 Å². The second-order valence-corrected chi connectivity index (χ2v) is 8.08. The first-order valence-electron chi connectivity index (χ1n) is 9.23. The fourth-order valence-electron chi connectivity index (χ4n) is 5.11. The maximum Gasteiger partial charge on any atom is 0.317 e. The molecule has 0 aromatic heterocycles. The number of aliphatic hydroxyl groups is 1. The summed E-state index contributed by atoms with van der Waals surface area (Å²) < 4.78 is 0. The third-order valence-electron chi connectivity index (χ3n) is 6.98. The molecule has 2 amide bonds. The Bertz CT molecular complexity index is 398. The lowest BCUT2D eigenvalue weighted by molar-refractivity contribution is 0.0509. The molecule has 4 heteroatoms. The molecule has 1 heterocycles. The Kier molecular flexibility index (Phi) is 4.67. The third kappa shape index (κ3) is 2.99. The van der Waals surface area contributed by atoms with Crippen LogP contribution in [0.15, 0.2) is 0 Å². The molecule has 3 rings (SSSR count). The van der Waals surface area contributed by atoms with Gasteiger partial charge in [-0.2, -0.15) is 0 Å². The van der Waals surface area contributed by atoms with Crippen LogP contribution in [0.2, 0.25) is 0 Å². The number of hydrogen-bond acceptors (Lipinski definition) is 2. The number of urea groups is 1. The lowest BCUT2D eigenvalue weighted by atomic mass is 9.77. The molecule has 2 N–H and O–H groups in total. The maximum absolute atomic E-state index is 12.5. The number of likely N-dealkylation sites (tertiary alicyclic amines) is 1. The van der Waals surface area contributed by atoms with E-state index in [1.54, 1.807) is 0 Å². The molecule has 4 nitrogen and oxygen atoms in total. The molecule has 2 bridgehead atoms. The highest BCUT2D eigenvalue weighted by atomic mass is 16.3. The Morgan fingerprint density at radius 2 is 2.05 bits per heavy atom. The van der Waals surface area contributed by atoms with Gasteiger partial charge in [0.25, 0.3) is 0 Å². The molecule has 0 aromatic rings. The number of carbonyl (C=O) groups excluding carboxylic acids is 1. The second kappa shape index (κ2) is 6.38. The lowest BCUT2D eigenvalue weighted by Crippen LogP contribution is -2.51. The molecule has 3 aliphatic rings. The second-order valence-electron chi connectivity index (χ2n) is 8.08. The average molecular weight is 308 g/mol. The van der Waals surface area contributed by atoms with E-state index in [9.17, 15) is 9.90 Å². The molecule has 0 spiro atoms. The van der Waals surface area contributed by atoms with Crippen molar-refractivity contribution in [1.82, 2.24) is 10.2 Å². The summed E-state index contributed by atoms with van der Waals surface area (Å²) >= 11 is 0. The first kappa shape index (κ1) is 16.1. The van der Waals surface area contributed by atoms with Crippen molar-refractivity contribution in [1.29, 1.82) is 0 Å². The third-order valence-corrected chi connectivity index (χ3v) is 6.98. The number of carbonyl (C=O) groups is 1. The molecule has 126 valence electrons. The van der Waals surface area contributed by atoms with Gasteiger partial charge in [-0.1, -0.05) is 13.3 Å². The summed E-state index contributed by atoms with van der Waals surface area (Å²) in [6.07, 6.45) is 8.34. The molecular formula is C18H32N2O2. The summed E-state index contributed by atoms with van der Waals surface area (Å²) in [5.41, 5.74) is 0.0486. The summed E-state index contributed by atoms with van der Waals surface area (Å²) in [5, 5.41) is 12.9. The number of piperidine rings is 1. The molecule has 22 heavy (non-hydrogen) atoms. The molecule has 4 unspecified atom stereocenters. The van der Waals surface area contributed by atoms with Gasteiger partial charge in [-0.15, -0.1) is 0 Å². The average Bonchev–Trinajstić information content (AvgIpc) is 3.18. The van der Waals surface area contributed by atoms with Crippen LogP contribution in [0.25, 0.3) is 0 Å². The maximum atomic E-state index is 12.5. The van der Waals surface area contributed by atoms with Crippen molar-refractivity contribution in [2.45, 2.75) is 64.8 Å². The molecule has 2 saturated carbocycles. The van der Waals surface area contributed by atoms with E-state index in [2.05, 4.69) is 19.2 Å². The number of rotatable bonds is 4. The van der Waals surface area contributed by atoms with Gasteiger partial charge >= 0.3 is 6.03 Å². The van der Waals surface area contributed by atoms with Crippen molar-refractivity contribution in [2.24, 2.45) is 23.2 Å². The van der Waals surface area contributed by atoms with Crippen molar-refractivity contribution in [3.63, 3.8) is 0 Å². The van der Waals surface area contributed by atoms with E-state index in [1.165, 1.54) is 25.7 Å². The Labute approximate surface area is 134 Å². The first-order chi connectivity index (χ1) is 10.6. The van der Waals surface area contributed by atoms with Crippen LogP contribution in [0.5, 0.6) is 0 Å². The van der Waals surface area contributed by atoms with Crippen molar-refractivity contribution < 1.29 is 9.90 Å². The fraction of sp³-hybridized carbons (Fsp3) is 0.944. The molecule has 4 atom stereocenters. The van der Waals surface area contributed by atoms with Gasteiger partial charge in [0.1, 0.15) is 0 Å². The van der Waals surface area contributed by atoms with E-state index in [0.29, 0.717) is 12.0 Å². The molecule has 0 radical (unpaired) electrons. The van der Waals surface area contributed by atoms with Gasteiger partial charge in [-0.25, -0.2) is 4.79 Å². The van der Waals surface area contributed by atoms with Gasteiger partial charge in [-0.3, -0.25) is 0 Å². The normalized spacial score (nSPS) is 34.7. The minimum Gasteiger partial charge on any atom is -0.396 e. The minimum atomic E-state index is 0.0486. The molecule has 1 aliphatic heterocycles. The summed E-state index contributed by atoms with van der Waals surface area (Å²) in [7, 11) is 0. The summed E-state index contributed by atoms with van der Waals surface area (Å²) in [6.45, 7) is 6.15. The van der Waals surface area contributed by atoms with Crippen LogP contribution in [0.3, 0.4) is 0 Å². The van der Waals surface area contributed by atoms with Crippen LogP contribution in [-0.2, 0) is 0 Å². The summed E-state index contributed by atoms with van der Waals surface area (Å²) in [5.74, 6) is 2.47. The van der Waals surface area contributed by atoms with E-state index in [0.717, 1.165) is 44.2 Å². The van der Waals surface area contributed by atoms with Crippen molar-refractivity contribution >= 4 is 6.03 Å². The zero-order chi connectivity index (χ0) is 15.7. The first-order valence-corrected chi connectivity index (χ1v) is 9.23. The largest absolute Gasteiger partial charge is 0.396 e. The monoisotopic (exact) mass is 308 g/mol. The zero-order valence-corrected chi connectivity index (χ0v) is 14.2. The van der Waals surface area contributed by atoms with Gasteiger partial charge < -0.3 is 15.3 Å². The Balaban J connectivity index is 1.48. The summed E-state index contributed by atoms with van der Waals surface area (Å²) in [6, 6.07) is 0.413. The van der Waals surface area contributed by atoms with Crippen LogP contribution in [0, 0.1) is 23.2 Å². The molecule has 3 fully saturated rings. The van der Waals surface area contributed by atoms with Crippen LogP contribution in [0.4, 0.5) is 4.79 Å². The van der Waals surface area contributed by atoms with Gasteiger partial charge in [0, 0.05) is 25.7 Å². The molecule has 0 aromatic carbocycles. The highest BCUT2D eigenvalue weighted by Crippen LogP contribution is 2.49. The quantitative estimate of drug-likeness (QED) is 0.839. The Hall–Kier alpha value is -0.770. The van der Waals surface area contributed by atoms with Crippen LogP contribution in [-0.4, -0.2) is 41.8 Å². The van der Waals surface area contributed by atoms with E-state index in [1.807, 2.05) is 4.90 Å². The highest BCUT2D eigenvalue weighted by molar-refractivity contribution is 5.74. The van der Waals surface area contributed by atoms with E-state index >= 15 is 0 Å². The van der Waals surface area contributed by atoms with Crippen LogP contribution < -0.4 is 5.32 Å². The SMILES string of the molecule is CCC1(CO)CCN(C(=O)NC(C)C2CC3CCC2C3)CC1. The minimum absolute atomic E-state index is 0.0486. The topological polar surface area (TPSA) is 52.6 Å². The van der Waals surface area contributed by atoms with Crippen LogP contribution >= 0.6 is 0 Å². The number of amides is 2. The number of fused-ring (bicyclic) bond motifs is 2. The van der Waals surface area contributed by atoms with Gasteiger partial charge in [0.15, 0.2) is 0 Å². The van der Waals surface area contributed by atoms with Crippen molar-refractivity contribution in [3.05, 3.63) is 0 Å². The highest BCUT2D eigenvalue weighted by Gasteiger charge is 2.42. The predicted molar refractivity (Wildman–Crippen MR) is 87.5 cm³/mol. The number of aliphatic hydroxyl groups excluding tert-OH is 1. The molecule has 2 aliphatic carbocycles.